The molecule has 2 saturated heterocycles. The summed E-state index contributed by atoms with van der Waals surface area (Å²) in [7, 11) is 0. The van der Waals surface area contributed by atoms with Crippen molar-refractivity contribution in [1.82, 2.24) is 0 Å². The molecule has 5 rings (SSSR count). The summed E-state index contributed by atoms with van der Waals surface area (Å²) in [5.41, 5.74) is 1.17. The normalized spacial score (nSPS) is 19.6. The van der Waals surface area contributed by atoms with Crippen LogP contribution in [0.4, 0.5) is 28.9 Å². The standard InChI is InChI=1S/C32H34F4N2O4/c1-2-41-28-10-11-29(33)30(19-28)37-14-12-27(13-15-37)42-26-8-6-24(7-9-26)38-20-22(17-25(38)18-31(39)40)21-4-3-5-23(16-21)32(34,35)36/h3-11,16,19,22,25,27H,2,12-15,17-18,20H2,1H3,(H,39,40)/t22-,25-/m1/s1. The number of carboxylic acids is 1. The van der Waals surface area contributed by atoms with Crippen LogP contribution in [0.3, 0.4) is 0 Å². The summed E-state index contributed by atoms with van der Waals surface area (Å²) in [6, 6.07) is 17.1. The molecule has 0 radical (unpaired) electrons. The fourth-order valence-electron chi connectivity index (χ4n) is 5.95. The molecule has 2 aliphatic heterocycles. The van der Waals surface area contributed by atoms with Crippen LogP contribution >= 0.6 is 0 Å². The van der Waals surface area contributed by atoms with E-state index in [0.29, 0.717) is 68.3 Å². The zero-order chi connectivity index (χ0) is 29.9. The number of carboxylic acid groups (broad SMARTS) is 1. The lowest BCUT2D eigenvalue weighted by atomic mass is 9.94. The van der Waals surface area contributed by atoms with E-state index in [0.717, 1.165) is 17.8 Å². The summed E-state index contributed by atoms with van der Waals surface area (Å²) in [6.07, 6.45) is -2.72. The molecule has 0 amide bonds. The van der Waals surface area contributed by atoms with Crippen molar-refractivity contribution in [3.05, 3.63) is 83.7 Å². The maximum absolute atomic E-state index is 14.5. The second-order valence-corrected chi connectivity index (χ2v) is 10.8. The molecule has 0 saturated carbocycles. The molecule has 0 bridgehead atoms. The summed E-state index contributed by atoms with van der Waals surface area (Å²) >= 11 is 0. The van der Waals surface area contributed by atoms with E-state index in [1.165, 1.54) is 12.1 Å². The number of aliphatic carboxylic acids is 1. The minimum atomic E-state index is -4.44. The second kappa shape index (κ2) is 12.5. The molecule has 0 aromatic heterocycles. The zero-order valence-electron chi connectivity index (χ0n) is 23.3. The topological polar surface area (TPSA) is 62.2 Å². The third-order valence-electron chi connectivity index (χ3n) is 7.99. The van der Waals surface area contributed by atoms with Crippen LogP contribution in [-0.4, -0.2) is 49.5 Å². The SMILES string of the molecule is CCOc1ccc(F)c(N2CCC(Oc3ccc(N4C[C@H](c5cccc(C(F)(F)F)c5)C[C@@H]4CC(=O)O)cc3)CC2)c1. The van der Waals surface area contributed by atoms with Crippen LogP contribution < -0.4 is 19.3 Å². The first-order valence-corrected chi connectivity index (χ1v) is 14.2. The lowest BCUT2D eigenvalue weighted by Crippen LogP contribution is -2.38. The number of alkyl halides is 3. The Morgan fingerprint density at radius 3 is 2.38 bits per heavy atom. The molecular weight excluding hydrogens is 552 g/mol. The Kier molecular flexibility index (Phi) is 8.80. The van der Waals surface area contributed by atoms with Crippen molar-refractivity contribution < 1.29 is 36.9 Å². The molecule has 0 spiro atoms. The molecule has 2 heterocycles. The van der Waals surface area contributed by atoms with Crippen LogP contribution in [0.1, 0.15) is 49.7 Å². The summed E-state index contributed by atoms with van der Waals surface area (Å²) < 4.78 is 66.1. The van der Waals surface area contributed by atoms with Crippen molar-refractivity contribution in [2.45, 2.75) is 56.8 Å². The fraction of sp³-hybridized carbons (Fsp3) is 0.406. The third kappa shape index (κ3) is 6.91. The molecule has 10 heteroatoms. The van der Waals surface area contributed by atoms with E-state index in [1.807, 2.05) is 41.0 Å². The Morgan fingerprint density at radius 2 is 1.71 bits per heavy atom. The van der Waals surface area contributed by atoms with E-state index < -0.39 is 17.7 Å². The third-order valence-corrected chi connectivity index (χ3v) is 7.99. The number of nitrogens with zero attached hydrogens (tertiary/aromatic N) is 2. The summed E-state index contributed by atoms with van der Waals surface area (Å²) in [5.74, 6) is -0.156. The highest BCUT2D eigenvalue weighted by Gasteiger charge is 2.36. The van der Waals surface area contributed by atoms with Crippen LogP contribution in [0, 0.1) is 5.82 Å². The van der Waals surface area contributed by atoms with Crippen LogP contribution in [-0.2, 0) is 11.0 Å². The average molecular weight is 587 g/mol. The van der Waals surface area contributed by atoms with Crippen molar-refractivity contribution in [1.29, 1.82) is 0 Å². The quantitative estimate of drug-likeness (QED) is 0.269. The molecule has 2 atom stereocenters. The highest BCUT2D eigenvalue weighted by Crippen LogP contribution is 2.39. The number of anilines is 2. The number of benzene rings is 3. The zero-order valence-corrected chi connectivity index (χ0v) is 23.3. The van der Waals surface area contributed by atoms with Crippen LogP contribution in [0.15, 0.2) is 66.7 Å². The Balaban J connectivity index is 1.22. The highest BCUT2D eigenvalue weighted by atomic mass is 19.4. The van der Waals surface area contributed by atoms with Crippen molar-refractivity contribution >= 4 is 17.3 Å². The number of carbonyl (C=O) groups is 1. The van der Waals surface area contributed by atoms with Gasteiger partial charge in [0.1, 0.15) is 23.4 Å². The summed E-state index contributed by atoms with van der Waals surface area (Å²) in [5, 5.41) is 9.49. The molecule has 3 aromatic carbocycles. The molecule has 3 aromatic rings. The Hall–Kier alpha value is -3.95. The molecular formula is C32H34F4N2O4. The van der Waals surface area contributed by atoms with E-state index in [-0.39, 0.29) is 30.3 Å². The van der Waals surface area contributed by atoms with Gasteiger partial charge in [0.2, 0.25) is 0 Å². The molecule has 2 aliphatic rings. The van der Waals surface area contributed by atoms with Gasteiger partial charge in [-0.25, -0.2) is 4.39 Å². The number of hydrogen-bond donors (Lipinski definition) is 1. The molecule has 1 N–H and O–H groups in total. The predicted molar refractivity (Wildman–Crippen MR) is 152 cm³/mol. The average Bonchev–Trinajstić information content (AvgIpc) is 3.38. The van der Waals surface area contributed by atoms with Crippen molar-refractivity contribution in [3.63, 3.8) is 0 Å². The largest absolute Gasteiger partial charge is 0.494 e. The minimum Gasteiger partial charge on any atom is -0.494 e. The summed E-state index contributed by atoms with van der Waals surface area (Å²) in [4.78, 5) is 15.6. The number of halogens is 4. The van der Waals surface area contributed by atoms with Crippen LogP contribution in [0.25, 0.3) is 0 Å². The summed E-state index contributed by atoms with van der Waals surface area (Å²) in [6.45, 7) is 4.08. The smallest absolute Gasteiger partial charge is 0.416 e. The van der Waals surface area contributed by atoms with E-state index in [4.69, 9.17) is 9.47 Å². The monoisotopic (exact) mass is 586 g/mol. The van der Waals surface area contributed by atoms with Crippen LogP contribution in [0.2, 0.25) is 0 Å². The maximum Gasteiger partial charge on any atom is 0.416 e. The van der Waals surface area contributed by atoms with E-state index in [1.54, 1.807) is 18.2 Å². The van der Waals surface area contributed by atoms with Gasteiger partial charge in [0.25, 0.3) is 0 Å². The van der Waals surface area contributed by atoms with Gasteiger partial charge in [-0.05, 0) is 61.4 Å². The molecule has 224 valence electrons. The van der Waals surface area contributed by atoms with Gasteiger partial charge in [-0.1, -0.05) is 18.2 Å². The van der Waals surface area contributed by atoms with E-state index in [2.05, 4.69) is 0 Å². The molecule has 0 unspecified atom stereocenters. The number of piperidine rings is 1. The van der Waals surface area contributed by atoms with Gasteiger partial charge in [-0.15, -0.1) is 0 Å². The Bertz CT molecular complexity index is 1370. The molecule has 6 nitrogen and oxygen atoms in total. The fourth-order valence-corrected chi connectivity index (χ4v) is 5.95. The Morgan fingerprint density at radius 1 is 1.00 bits per heavy atom. The highest BCUT2D eigenvalue weighted by molar-refractivity contribution is 5.69. The lowest BCUT2D eigenvalue weighted by molar-refractivity contribution is -0.138. The number of hydrogen-bond acceptors (Lipinski definition) is 5. The lowest BCUT2D eigenvalue weighted by Gasteiger charge is -2.34. The molecule has 42 heavy (non-hydrogen) atoms. The van der Waals surface area contributed by atoms with Gasteiger partial charge in [-0.3, -0.25) is 4.79 Å². The maximum atomic E-state index is 14.5. The Labute approximate surface area is 242 Å². The predicted octanol–water partition coefficient (Wildman–Crippen LogP) is 7.13. The first-order chi connectivity index (χ1) is 20.1. The van der Waals surface area contributed by atoms with Gasteiger partial charge < -0.3 is 24.4 Å². The van der Waals surface area contributed by atoms with Crippen molar-refractivity contribution in [2.75, 3.05) is 36.0 Å². The first-order valence-electron chi connectivity index (χ1n) is 14.2. The molecule has 2 fully saturated rings. The van der Waals surface area contributed by atoms with Gasteiger partial charge >= 0.3 is 12.1 Å². The first kappa shape index (κ1) is 29.5. The van der Waals surface area contributed by atoms with Crippen LogP contribution in [0.5, 0.6) is 11.5 Å². The number of rotatable bonds is 9. The van der Waals surface area contributed by atoms with Gasteiger partial charge in [0, 0.05) is 56.2 Å². The second-order valence-electron chi connectivity index (χ2n) is 10.8. The minimum absolute atomic E-state index is 0.0397. The van der Waals surface area contributed by atoms with Crippen molar-refractivity contribution in [2.24, 2.45) is 0 Å². The van der Waals surface area contributed by atoms with Crippen molar-refractivity contribution in [3.8, 4) is 11.5 Å². The molecule has 0 aliphatic carbocycles. The van der Waals surface area contributed by atoms with Gasteiger partial charge in [-0.2, -0.15) is 13.2 Å². The van der Waals surface area contributed by atoms with Gasteiger partial charge in [0.05, 0.1) is 24.3 Å². The van der Waals surface area contributed by atoms with E-state index in [9.17, 15) is 27.5 Å². The van der Waals surface area contributed by atoms with E-state index >= 15 is 0 Å². The number of ether oxygens (including phenoxy) is 2. The van der Waals surface area contributed by atoms with Gasteiger partial charge in [0.15, 0.2) is 0 Å².